The Morgan fingerprint density at radius 2 is 1.95 bits per heavy atom. The first-order chi connectivity index (χ1) is 9.50. The van der Waals surface area contributed by atoms with Gasteiger partial charge in [0.2, 0.25) is 0 Å². The maximum Gasteiger partial charge on any atom is 0.269 e. The smallest absolute Gasteiger partial charge is 0.269 e. The van der Waals surface area contributed by atoms with Gasteiger partial charge in [0.15, 0.2) is 0 Å². The molecule has 1 aliphatic heterocycles. The molecule has 1 saturated heterocycles. The maximum absolute atomic E-state index is 13.8. The molecule has 0 aliphatic carbocycles. The third-order valence-corrected chi connectivity index (χ3v) is 3.29. The van der Waals surface area contributed by atoms with E-state index in [0.717, 1.165) is 18.2 Å². The lowest BCUT2D eigenvalue weighted by molar-refractivity contribution is -0.385. The highest BCUT2D eigenvalue weighted by molar-refractivity contribution is 5.37. The highest BCUT2D eigenvalue weighted by atomic mass is 19.3. The average molecular weight is 289 g/mol. The molecule has 1 fully saturated rings. The first kappa shape index (κ1) is 14.7. The van der Waals surface area contributed by atoms with Crippen molar-refractivity contribution < 1.29 is 18.1 Å². The Morgan fingerprint density at radius 1 is 1.30 bits per heavy atom. The number of hydrogen-bond donors (Lipinski definition) is 1. The number of alkyl halides is 2. The van der Waals surface area contributed by atoms with Crippen LogP contribution in [0.1, 0.15) is 11.6 Å². The van der Waals surface area contributed by atoms with Crippen LogP contribution in [0.3, 0.4) is 0 Å². The van der Waals surface area contributed by atoms with E-state index in [4.69, 9.17) is 0 Å². The number of nitro benzene ring substituents is 1. The van der Waals surface area contributed by atoms with Crippen molar-refractivity contribution in [1.82, 2.24) is 10.2 Å². The fourth-order valence-electron chi connectivity index (χ4n) is 2.32. The second-order valence-electron chi connectivity index (χ2n) is 4.53. The lowest BCUT2D eigenvalue weighted by Crippen LogP contribution is -2.47. The molecule has 0 saturated carbocycles. The van der Waals surface area contributed by atoms with Gasteiger partial charge in [-0.05, 0) is 6.07 Å². The number of piperazine rings is 1. The monoisotopic (exact) mass is 289 g/mol. The second kappa shape index (κ2) is 6.19. The van der Waals surface area contributed by atoms with E-state index in [-0.39, 0.29) is 11.3 Å². The number of halogens is 3. The van der Waals surface area contributed by atoms with Crippen LogP contribution in [0.15, 0.2) is 18.2 Å². The summed E-state index contributed by atoms with van der Waals surface area (Å²) in [5, 5.41) is 13.7. The number of non-ortho nitro benzene ring substituents is 1. The molecule has 0 aromatic heterocycles. The van der Waals surface area contributed by atoms with Crippen molar-refractivity contribution in [2.75, 3.05) is 26.2 Å². The summed E-state index contributed by atoms with van der Waals surface area (Å²) in [6.07, 6.45) is -2.82. The Morgan fingerprint density at radius 3 is 2.50 bits per heavy atom. The van der Waals surface area contributed by atoms with Gasteiger partial charge in [0, 0.05) is 43.9 Å². The zero-order valence-corrected chi connectivity index (χ0v) is 10.6. The Hall–Kier alpha value is -1.67. The summed E-state index contributed by atoms with van der Waals surface area (Å²) in [4.78, 5) is 11.4. The predicted molar refractivity (Wildman–Crippen MR) is 66.2 cm³/mol. The molecule has 2 rings (SSSR count). The molecule has 0 spiro atoms. The van der Waals surface area contributed by atoms with Crippen molar-refractivity contribution >= 4 is 5.69 Å². The molecule has 0 amide bonds. The summed E-state index contributed by atoms with van der Waals surface area (Å²) in [6, 6.07) is 1.27. The van der Waals surface area contributed by atoms with E-state index in [1.807, 2.05) is 0 Å². The van der Waals surface area contributed by atoms with Crippen molar-refractivity contribution in [1.29, 1.82) is 0 Å². The lowest BCUT2D eigenvalue weighted by Gasteiger charge is -2.34. The first-order valence-electron chi connectivity index (χ1n) is 6.17. The molecule has 1 atom stereocenters. The van der Waals surface area contributed by atoms with Crippen LogP contribution in [0, 0.1) is 15.9 Å². The molecule has 20 heavy (non-hydrogen) atoms. The maximum atomic E-state index is 13.8. The minimum Gasteiger partial charge on any atom is -0.314 e. The van der Waals surface area contributed by atoms with E-state index < -0.39 is 23.2 Å². The van der Waals surface area contributed by atoms with Crippen LogP contribution in [-0.4, -0.2) is 42.4 Å². The number of hydrogen-bond acceptors (Lipinski definition) is 4. The van der Waals surface area contributed by atoms with E-state index in [9.17, 15) is 23.3 Å². The zero-order chi connectivity index (χ0) is 14.7. The molecule has 0 unspecified atom stereocenters. The fraction of sp³-hybridized carbons (Fsp3) is 0.500. The molecule has 0 bridgehead atoms. The lowest BCUT2D eigenvalue weighted by atomic mass is 10.0. The molecular formula is C12H14F3N3O2. The van der Waals surface area contributed by atoms with Gasteiger partial charge in [0.05, 0.1) is 11.0 Å². The molecule has 8 heteroatoms. The average Bonchev–Trinajstić information content (AvgIpc) is 2.41. The van der Waals surface area contributed by atoms with Crippen LogP contribution in [0.2, 0.25) is 0 Å². The number of rotatable bonds is 4. The van der Waals surface area contributed by atoms with Crippen molar-refractivity contribution in [2.45, 2.75) is 12.5 Å². The summed E-state index contributed by atoms with van der Waals surface area (Å²) in [7, 11) is 0. The number of nitrogens with one attached hydrogen (secondary N) is 1. The molecule has 1 heterocycles. The zero-order valence-electron chi connectivity index (χ0n) is 10.6. The summed E-state index contributed by atoms with van der Waals surface area (Å²) >= 11 is 0. The van der Waals surface area contributed by atoms with Crippen LogP contribution in [0.5, 0.6) is 0 Å². The topological polar surface area (TPSA) is 58.4 Å². The van der Waals surface area contributed by atoms with Gasteiger partial charge in [0.25, 0.3) is 12.1 Å². The van der Waals surface area contributed by atoms with E-state index in [0.29, 0.717) is 26.2 Å². The Kier molecular flexibility index (Phi) is 4.56. The Labute approximate surface area is 113 Å². The minimum absolute atomic E-state index is 0.323. The van der Waals surface area contributed by atoms with Crippen LogP contribution in [0.25, 0.3) is 0 Å². The third-order valence-electron chi connectivity index (χ3n) is 3.29. The third kappa shape index (κ3) is 3.07. The highest BCUT2D eigenvalue weighted by Crippen LogP contribution is 2.32. The largest absolute Gasteiger partial charge is 0.314 e. The molecule has 1 aliphatic rings. The van der Waals surface area contributed by atoms with Crippen LogP contribution in [0.4, 0.5) is 18.9 Å². The van der Waals surface area contributed by atoms with Crippen molar-refractivity contribution in [3.8, 4) is 0 Å². The quantitative estimate of drug-likeness (QED) is 0.680. The second-order valence-corrected chi connectivity index (χ2v) is 4.53. The molecule has 1 aromatic rings. The minimum atomic E-state index is -2.82. The normalized spacial score (nSPS) is 18.2. The van der Waals surface area contributed by atoms with Gasteiger partial charge in [-0.3, -0.25) is 15.0 Å². The highest BCUT2D eigenvalue weighted by Gasteiger charge is 2.33. The Bertz CT molecular complexity index is 493. The summed E-state index contributed by atoms with van der Waals surface area (Å²) in [5.74, 6) is -0.848. The standard InChI is InChI=1S/C12H14F3N3O2/c13-10-2-1-8(18(19)20)7-9(10)11(12(14)15)17-5-3-16-4-6-17/h1-2,7,11-12,16H,3-6H2/t11-/m1/s1. The van der Waals surface area contributed by atoms with Crippen LogP contribution >= 0.6 is 0 Å². The van der Waals surface area contributed by atoms with Gasteiger partial charge in [-0.2, -0.15) is 0 Å². The molecule has 110 valence electrons. The van der Waals surface area contributed by atoms with Gasteiger partial charge in [0.1, 0.15) is 5.82 Å². The fourth-order valence-corrected chi connectivity index (χ4v) is 2.32. The van der Waals surface area contributed by atoms with Crippen molar-refractivity contribution in [3.05, 3.63) is 39.7 Å². The number of nitrogens with zero attached hydrogens (tertiary/aromatic N) is 2. The number of benzene rings is 1. The predicted octanol–water partition coefficient (Wildman–Crippen LogP) is 1.95. The van der Waals surface area contributed by atoms with Gasteiger partial charge in [-0.15, -0.1) is 0 Å². The van der Waals surface area contributed by atoms with Crippen molar-refractivity contribution in [3.63, 3.8) is 0 Å². The van der Waals surface area contributed by atoms with E-state index >= 15 is 0 Å². The molecule has 5 nitrogen and oxygen atoms in total. The van der Waals surface area contributed by atoms with Gasteiger partial charge in [-0.25, -0.2) is 13.2 Å². The molecule has 1 N–H and O–H groups in total. The molecule has 1 aromatic carbocycles. The molecule has 0 radical (unpaired) electrons. The van der Waals surface area contributed by atoms with Gasteiger partial charge in [-0.1, -0.05) is 0 Å². The van der Waals surface area contributed by atoms with E-state index in [2.05, 4.69) is 5.32 Å². The SMILES string of the molecule is O=[N+]([O-])c1ccc(F)c([C@H](C(F)F)N2CCNCC2)c1. The number of nitro groups is 1. The summed E-state index contributed by atoms with van der Waals surface area (Å²) in [5.41, 5.74) is -0.710. The van der Waals surface area contributed by atoms with Crippen molar-refractivity contribution in [2.24, 2.45) is 0 Å². The van der Waals surface area contributed by atoms with E-state index in [1.165, 1.54) is 4.90 Å². The van der Waals surface area contributed by atoms with Crippen LogP contribution < -0.4 is 5.32 Å². The first-order valence-corrected chi connectivity index (χ1v) is 6.17. The summed E-state index contributed by atoms with van der Waals surface area (Å²) in [6.45, 7) is 1.74. The van der Waals surface area contributed by atoms with Crippen LogP contribution in [-0.2, 0) is 0 Å². The van der Waals surface area contributed by atoms with E-state index in [1.54, 1.807) is 0 Å². The summed E-state index contributed by atoms with van der Waals surface area (Å²) < 4.78 is 40.4. The Balaban J connectivity index is 2.37. The molecular weight excluding hydrogens is 275 g/mol. The van der Waals surface area contributed by atoms with Gasteiger partial charge < -0.3 is 5.32 Å². The van der Waals surface area contributed by atoms with Gasteiger partial charge >= 0.3 is 0 Å².